The average molecular weight is 184 g/mol. The second-order valence-corrected chi connectivity index (χ2v) is 4.97. The number of ether oxygens (including phenoxy) is 2. The summed E-state index contributed by atoms with van der Waals surface area (Å²) in [5, 5.41) is 9.03. The summed E-state index contributed by atoms with van der Waals surface area (Å²) in [6.45, 7) is 3.93. The van der Waals surface area contributed by atoms with E-state index in [0.717, 1.165) is 0 Å². The van der Waals surface area contributed by atoms with E-state index in [9.17, 15) is 4.79 Å². The summed E-state index contributed by atoms with van der Waals surface area (Å²) in [5.41, 5.74) is -0.220. The van der Waals surface area contributed by atoms with Crippen molar-refractivity contribution in [3.05, 3.63) is 0 Å². The first-order valence-corrected chi connectivity index (χ1v) is 4.54. The van der Waals surface area contributed by atoms with E-state index in [0.29, 0.717) is 12.8 Å². The highest BCUT2D eigenvalue weighted by molar-refractivity contribution is 5.72. The molecule has 2 heterocycles. The summed E-state index contributed by atoms with van der Waals surface area (Å²) in [4.78, 5) is 11.0. The Morgan fingerprint density at radius 2 is 2.00 bits per heavy atom. The first-order valence-electron chi connectivity index (χ1n) is 4.54. The van der Waals surface area contributed by atoms with Gasteiger partial charge in [0.15, 0.2) is 0 Å². The maximum absolute atomic E-state index is 11.0. The van der Waals surface area contributed by atoms with Gasteiger partial charge in [0.05, 0.1) is 5.92 Å². The Hall–Kier alpha value is -0.610. The lowest BCUT2D eigenvalue weighted by atomic mass is 9.69. The molecule has 0 spiro atoms. The van der Waals surface area contributed by atoms with Gasteiger partial charge < -0.3 is 14.6 Å². The Kier molecular flexibility index (Phi) is 0.979. The van der Waals surface area contributed by atoms with Gasteiger partial charge in [0, 0.05) is 12.8 Å². The molecule has 0 aromatic heterocycles. The molecule has 1 N–H and O–H groups in total. The maximum Gasteiger partial charge on any atom is 0.307 e. The highest BCUT2D eigenvalue weighted by atomic mass is 17.0. The molecule has 3 fully saturated rings. The molecule has 3 aliphatic rings. The van der Waals surface area contributed by atoms with Crippen molar-refractivity contribution in [3.63, 3.8) is 0 Å². The summed E-state index contributed by atoms with van der Waals surface area (Å²) in [6, 6.07) is 0. The van der Waals surface area contributed by atoms with Gasteiger partial charge in [0.25, 0.3) is 0 Å². The first kappa shape index (κ1) is 7.76. The van der Waals surface area contributed by atoms with Crippen molar-refractivity contribution in [3.8, 4) is 0 Å². The van der Waals surface area contributed by atoms with Crippen LogP contribution < -0.4 is 0 Å². The first-order chi connectivity index (χ1) is 5.91. The fourth-order valence-electron chi connectivity index (χ4n) is 2.62. The standard InChI is InChI=1S/C9H12O4/c1-7(2)4-9-8(12-9,13-9)3-5(7)6(10)11/h5H,3-4H2,1-2H3,(H,10,11). The Balaban J connectivity index is 1.91. The zero-order valence-electron chi connectivity index (χ0n) is 7.66. The van der Waals surface area contributed by atoms with Crippen molar-refractivity contribution in [2.45, 2.75) is 38.3 Å². The fraction of sp³-hybridized carbons (Fsp3) is 0.889. The predicted molar refractivity (Wildman–Crippen MR) is 41.8 cm³/mol. The van der Waals surface area contributed by atoms with Gasteiger partial charge in [-0.05, 0) is 5.41 Å². The Bertz CT molecular complexity index is 301. The lowest BCUT2D eigenvalue weighted by Gasteiger charge is -2.31. The summed E-state index contributed by atoms with van der Waals surface area (Å²) in [6.07, 6.45) is 1.21. The van der Waals surface area contributed by atoms with Gasteiger partial charge in [0.2, 0.25) is 11.6 Å². The van der Waals surface area contributed by atoms with E-state index < -0.39 is 11.8 Å². The summed E-state index contributed by atoms with van der Waals surface area (Å²) in [5.74, 6) is -1.93. The molecule has 0 bridgehead atoms. The van der Waals surface area contributed by atoms with Gasteiger partial charge in [0.1, 0.15) is 0 Å². The monoisotopic (exact) mass is 184 g/mol. The number of aliphatic carboxylic acids is 1. The van der Waals surface area contributed by atoms with Crippen LogP contribution >= 0.6 is 0 Å². The predicted octanol–water partition coefficient (Wildman–Crippen LogP) is 0.960. The number of rotatable bonds is 1. The maximum atomic E-state index is 11.0. The van der Waals surface area contributed by atoms with Crippen LogP contribution in [0.5, 0.6) is 0 Å². The number of carboxylic acid groups (broad SMARTS) is 1. The molecule has 1 saturated carbocycles. The topological polar surface area (TPSA) is 62.4 Å². The SMILES string of the molecule is CC1(C)CC23OC2(CC1C(=O)O)O3. The van der Waals surface area contributed by atoms with Crippen molar-refractivity contribution in [1.29, 1.82) is 0 Å². The summed E-state index contributed by atoms with van der Waals surface area (Å²) in [7, 11) is 0. The Labute approximate surface area is 75.8 Å². The molecule has 2 saturated heterocycles. The minimum absolute atomic E-state index is 0.220. The highest BCUT2D eigenvalue weighted by Crippen LogP contribution is 2.77. The number of carboxylic acids is 1. The lowest BCUT2D eigenvalue weighted by molar-refractivity contribution is -0.147. The minimum Gasteiger partial charge on any atom is -0.481 e. The molecule has 2 aliphatic heterocycles. The van der Waals surface area contributed by atoms with E-state index in [-0.39, 0.29) is 17.1 Å². The van der Waals surface area contributed by atoms with Gasteiger partial charge in [-0.1, -0.05) is 13.8 Å². The molecule has 0 aromatic rings. The van der Waals surface area contributed by atoms with Crippen LogP contribution in [0.2, 0.25) is 0 Å². The average Bonchev–Trinajstić information content (AvgIpc) is 2.67. The van der Waals surface area contributed by atoms with E-state index in [1.54, 1.807) is 0 Å². The Morgan fingerprint density at radius 3 is 2.54 bits per heavy atom. The molecule has 4 heteroatoms. The van der Waals surface area contributed by atoms with Crippen LogP contribution in [0.1, 0.15) is 26.7 Å². The lowest BCUT2D eigenvalue weighted by Crippen LogP contribution is -2.37. The molecular weight excluding hydrogens is 172 g/mol. The van der Waals surface area contributed by atoms with Crippen molar-refractivity contribution in [2.24, 2.45) is 11.3 Å². The van der Waals surface area contributed by atoms with Crippen LogP contribution in [-0.4, -0.2) is 22.7 Å². The zero-order chi connectivity index (χ0) is 9.48. The van der Waals surface area contributed by atoms with Crippen LogP contribution in [-0.2, 0) is 14.3 Å². The molecule has 13 heavy (non-hydrogen) atoms. The molecule has 1 atom stereocenters. The fourth-order valence-corrected chi connectivity index (χ4v) is 2.62. The quantitative estimate of drug-likeness (QED) is 0.616. The van der Waals surface area contributed by atoms with Crippen LogP contribution in [0.15, 0.2) is 0 Å². The van der Waals surface area contributed by atoms with E-state index >= 15 is 0 Å². The number of hydrogen-bond acceptors (Lipinski definition) is 3. The van der Waals surface area contributed by atoms with Gasteiger partial charge in [-0.3, -0.25) is 4.79 Å². The van der Waals surface area contributed by atoms with E-state index in [2.05, 4.69) is 0 Å². The zero-order valence-corrected chi connectivity index (χ0v) is 7.66. The highest BCUT2D eigenvalue weighted by Gasteiger charge is 2.93. The normalized spacial score (nSPS) is 54.8. The van der Waals surface area contributed by atoms with Crippen molar-refractivity contribution >= 4 is 5.97 Å². The molecule has 3 rings (SSSR count). The van der Waals surface area contributed by atoms with Crippen LogP contribution in [0.4, 0.5) is 0 Å². The molecule has 1 aliphatic carbocycles. The molecule has 4 nitrogen and oxygen atoms in total. The number of epoxide rings is 2. The van der Waals surface area contributed by atoms with Crippen molar-refractivity contribution < 1.29 is 19.4 Å². The Morgan fingerprint density at radius 1 is 1.38 bits per heavy atom. The van der Waals surface area contributed by atoms with Crippen LogP contribution in [0.25, 0.3) is 0 Å². The van der Waals surface area contributed by atoms with Crippen molar-refractivity contribution in [2.75, 3.05) is 0 Å². The van der Waals surface area contributed by atoms with Gasteiger partial charge in [-0.15, -0.1) is 0 Å². The van der Waals surface area contributed by atoms with E-state index in [4.69, 9.17) is 14.6 Å². The second-order valence-electron chi connectivity index (χ2n) is 4.97. The second kappa shape index (κ2) is 1.64. The largest absolute Gasteiger partial charge is 0.481 e. The summed E-state index contributed by atoms with van der Waals surface area (Å²) < 4.78 is 10.7. The van der Waals surface area contributed by atoms with E-state index in [1.807, 2.05) is 13.8 Å². The van der Waals surface area contributed by atoms with Gasteiger partial charge in [-0.25, -0.2) is 0 Å². The number of carbonyl (C=O) groups is 1. The number of hydrogen-bond donors (Lipinski definition) is 1. The van der Waals surface area contributed by atoms with Crippen molar-refractivity contribution in [1.82, 2.24) is 0 Å². The van der Waals surface area contributed by atoms with Gasteiger partial charge >= 0.3 is 5.97 Å². The molecule has 0 aromatic carbocycles. The third-order valence-corrected chi connectivity index (χ3v) is 3.56. The molecule has 0 amide bonds. The van der Waals surface area contributed by atoms with Crippen LogP contribution in [0, 0.1) is 11.3 Å². The third-order valence-electron chi connectivity index (χ3n) is 3.56. The summed E-state index contributed by atoms with van der Waals surface area (Å²) >= 11 is 0. The minimum atomic E-state index is -0.737. The van der Waals surface area contributed by atoms with E-state index in [1.165, 1.54) is 0 Å². The van der Waals surface area contributed by atoms with Gasteiger partial charge in [-0.2, -0.15) is 0 Å². The smallest absolute Gasteiger partial charge is 0.307 e. The molecule has 1 unspecified atom stereocenters. The third kappa shape index (κ3) is 0.718. The molecule has 0 radical (unpaired) electrons. The van der Waals surface area contributed by atoms with Crippen LogP contribution in [0.3, 0.4) is 0 Å². The molecule has 72 valence electrons. The molecular formula is C9H12O4.